The van der Waals surface area contributed by atoms with Gasteiger partial charge in [-0.3, -0.25) is 0 Å². The Bertz CT molecular complexity index is 344. The van der Waals surface area contributed by atoms with Crippen LogP contribution in [-0.2, 0) is 0 Å². The van der Waals surface area contributed by atoms with Gasteiger partial charge in [0.15, 0.2) is 0 Å². The standard InChI is InChI=1S/C13H23ClN4/c1-3-5-6-7-9-15-12-11(14)10-17-13(18-12)16-8-4-2/h10H,3-9H2,1-2H3,(H2,15,16,17,18). The molecule has 0 aliphatic carbocycles. The molecule has 5 heteroatoms. The highest BCUT2D eigenvalue weighted by atomic mass is 35.5. The molecule has 0 fully saturated rings. The molecule has 0 saturated carbocycles. The Balaban J connectivity index is 2.42. The average molecular weight is 271 g/mol. The number of rotatable bonds is 9. The zero-order chi connectivity index (χ0) is 13.2. The Hall–Kier alpha value is -1.03. The van der Waals surface area contributed by atoms with Crippen molar-refractivity contribution >= 4 is 23.4 Å². The maximum Gasteiger partial charge on any atom is 0.224 e. The van der Waals surface area contributed by atoms with E-state index in [1.54, 1.807) is 6.20 Å². The van der Waals surface area contributed by atoms with Crippen molar-refractivity contribution in [2.24, 2.45) is 0 Å². The lowest BCUT2D eigenvalue weighted by atomic mass is 10.2. The lowest BCUT2D eigenvalue weighted by Crippen LogP contribution is -2.08. The van der Waals surface area contributed by atoms with Crippen molar-refractivity contribution in [2.75, 3.05) is 23.7 Å². The van der Waals surface area contributed by atoms with Crippen molar-refractivity contribution in [1.29, 1.82) is 0 Å². The van der Waals surface area contributed by atoms with Gasteiger partial charge in [-0.25, -0.2) is 4.98 Å². The number of unbranched alkanes of at least 4 members (excludes halogenated alkanes) is 3. The third-order valence-electron chi connectivity index (χ3n) is 2.60. The molecule has 0 aliphatic heterocycles. The Morgan fingerprint density at radius 3 is 2.61 bits per heavy atom. The molecule has 0 aromatic carbocycles. The summed E-state index contributed by atoms with van der Waals surface area (Å²) >= 11 is 6.06. The monoisotopic (exact) mass is 270 g/mol. The van der Waals surface area contributed by atoms with Crippen LogP contribution in [0.25, 0.3) is 0 Å². The summed E-state index contributed by atoms with van der Waals surface area (Å²) in [6, 6.07) is 0. The predicted octanol–water partition coefficient (Wildman–Crippen LogP) is 3.94. The SMILES string of the molecule is CCCCCCNc1nc(NCCC)ncc1Cl. The minimum atomic E-state index is 0.576. The first-order valence-electron chi connectivity index (χ1n) is 6.78. The fourth-order valence-corrected chi connectivity index (χ4v) is 1.73. The summed E-state index contributed by atoms with van der Waals surface area (Å²) in [7, 11) is 0. The summed E-state index contributed by atoms with van der Waals surface area (Å²) in [6.45, 7) is 6.09. The summed E-state index contributed by atoms with van der Waals surface area (Å²) in [5, 5.41) is 6.99. The molecule has 0 atom stereocenters. The van der Waals surface area contributed by atoms with Crippen LogP contribution in [0.2, 0.25) is 5.02 Å². The number of hydrogen-bond donors (Lipinski definition) is 2. The van der Waals surface area contributed by atoms with Crippen molar-refractivity contribution in [3.8, 4) is 0 Å². The summed E-state index contributed by atoms with van der Waals surface area (Å²) in [6.07, 6.45) is 7.60. The quantitative estimate of drug-likeness (QED) is 0.667. The summed E-state index contributed by atoms with van der Waals surface area (Å²) in [4.78, 5) is 8.50. The molecule has 1 heterocycles. The molecular weight excluding hydrogens is 248 g/mol. The van der Waals surface area contributed by atoms with Gasteiger partial charge in [-0.1, -0.05) is 44.7 Å². The van der Waals surface area contributed by atoms with Gasteiger partial charge in [-0.05, 0) is 12.8 Å². The smallest absolute Gasteiger partial charge is 0.224 e. The van der Waals surface area contributed by atoms with E-state index < -0.39 is 0 Å². The molecule has 0 radical (unpaired) electrons. The summed E-state index contributed by atoms with van der Waals surface area (Å²) in [5.74, 6) is 1.36. The molecule has 4 nitrogen and oxygen atoms in total. The van der Waals surface area contributed by atoms with Crippen LogP contribution in [0.4, 0.5) is 11.8 Å². The van der Waals surface area contributed by atoms with E-state index in [4.69, 9.17) is 11.6 Å². The highest BCUT2D eigenvalue weighted by Gasteiger charge is 2.04. The molecule has 0 unspecified atom stereocenters. The number of halogens is 1. The van der Waals surface area contributed by atoms with Crippen molar-refractivity contribution in [1.82, 2.24) is 9.97 Å². The number of nitrogens with one attached hydrogen (secondary N) is 2. The third-order valence-corrected chi connectivity index (χ3v) is 2.88. The van der Waals surface area contributed by atoms with Gasteiger partial charge in [0, 0.05) is 13.1 Å². The number of hydrogen-bond acceptors (Lipinski definition) is 4. The van der Waals surface area contributed by atoms with Crippen LogP contribution < -0.4 is 10.6 Å². The first-order chi connectivity index (χ1) is 8.77. The highest BCUT2D eigenvalue weighted by molar-refractivity contribution is 6.32. The molecular formula is C13H23ClN4. The molecule has 0 amide bonds. The van der Waals surface area contributed by atoms with E-state index in [0.29, 0.717) is 11.0 Å². The molecule has 2 N–H and O–H groups in total. The van der Waals surface area contributed by atoms with Crippen molar-refractivity contribution in [3.63, 3.8) is 0 Å². The van der Waals surface area contributed by atoms with Gasteiger partial charge in [0.2, 0.25) is 5.95 Å². The van der Waals surface area contributed by atoms with Crippen LogP contribution in [0.1, 0.15) is 46.0 Å². The van der Waals surface area contributed by atoms with Gasteiger partial charge in [0.05, 0.1) is 6.20 Å². The fraction of sp³-hybridized carbons (Fsp3) is 0.692. The second-order valence-corrected chi connectivity index (χ2v) is 4.71. The molecule has 18 heavy (non-hydrogen) atoms. The van der Waals surface area contributed by atoms with E-state index in [-0.39, 0.29) is 0 Å². The minimum absolute atomic E-state index is 0.576. The molecule has 1 aromatic heterocycles. The van der Waals surface area contributed by atoms with Crippen LogP contribution in [0, 0.1) is 0 Å². The Morgan fingerprint density at radius 2 is 1.89 bits per heavy atom. The fourth-order valence-electron chi connectivity index (χ4n) is 1.57. The maximum atomic E-state index is 6.06. The molecule has 1 aromatic rings. The second-order valence-electron chi connectivity index (χ2n) is 4.30. The summed E-state index contributed by atoms with van der Waals surface area (Å²) in [5.41, 5.74) is 0. The summed E-state index contributed by atoms with van der Waals surface area (Å²) < 4.78 is 0. The van der Waals surface area contributed by atoms with E-state index in [9.17, 15) is 0 Å². The molecule has 102 valence electrons. The number of anilines is 2. The van der Waals surface area contributed by atoms with Gasteiger partial charge in [-0.15, -0.1) is 0 Å². The zero-order valence-electron chi connectivity index (χ0n) is 11.3. The van der Waals surface area contributed by atoms with Crippen molar-refractivity contribution < 1.29 is 0 Å². The lowest BCUT2D eigenvalue weighted by Gasteiger charge is -2.09. The topological polar surface area (TPSA) is 49.8 Å². The average Bonchev–Trinajstić information content (AvgIpc) is 2.39. The zero-order valence-corrected chi connectivity index (χ0v) is 12.1. The van der Waals surface area contributed by atoms with E-state index in [1.165, 1.54) is 19.3 Å². The second kappa shape index (κ2) is 8.97. The number of aromatic nitrogens is 2. The maximum absolute atomic E-state index is 6.06. The Morgan fingerprint density at radius 1 is 1.06 bits per heavy atom. The van der Waals surface area contributed by atoms with Gasteiger partial charge in [-0.2, -0.15) is 4.98 Å². The van der Waals surface area contributed by atoms with E-state index >= 15 is 0 Å². The molecule has 1 rings (SSSR count). The van der Waals surface area contributed by atoms with E-state index in [1.807, 2.05) is 0 Å². The molecule has 0 saturated heterocycles. The normalized spacial score (nSPS) is 10.4. The third kappa shape index (κ3) is 5.54. The Labute approximate surface area is 115 Å². The predicted molar refractivity (Wildman–Crippen MR) is 78.5 cm³/mol. The number of nitrogens with zero attached hydrogens (tertiary/aromatic N) is 2. The van der Waals surface area contributed by atoms with Crippen LogP contribution in [0.5, 0.6) is 0 Å². The van der Waals surface area contributed by atoms with Gasteiger partial charge < -0.3 is 10.6 Å². The van der Waals surface area contributed by atoms with Crippen LogP contribution >= 0.6 is 11.6 Å². The minimum Gasteiger partial charge on any atom is -0.369 e. The highest BCUT2D eigenvalue weighted by Crippen LogP contribution is 2.19. The first-order valence-corrected chi connectivity index (χ1v) is 7.16. The first kappa shape index (κ1) is 15.0. The van der Waals surface area contributed by atoms with Gasteiger partial charge in [0.1, 0.15) is 10.8 Å². The lowest BCUT2D eigenvalue weighted by molar-refractivity contribution is 0.684. The van der Waals surface area contributed by atoms with Crippen LogP contribution in [0.15, 0.2) is 6.20 Å². The largest absolute Gasteiger partial charge is 0.369 e. The molecule has 0 aliphatic rings. The van der Waals surface area contributed by atoms with Crippen molar-refractivity contribution in [3.05, 3.63) is 11.2 Å². The van der Waals surface area contributed by atoms with Gasteiger partial charge in [0.25, 0.3) is 0 Å². The molecule has 0 bridgehead atoms. The van der Waals surface area contributed by atoms with Crippen LogP contribution in [0.3, 0.4) is 0 Å². The van der Waals surface area contributed by atoms with E-state index in [2.05, 4.69) is 34.4 Å². The van der Waals surface area contributed by atoms with Gasteiger partial charge >= 0.3 is 0 Å². The molecule has 0 spiro atoms. The van der Waals surface area contributed by atoms with E-state index in [0.717, 1.165) is 31.7 Å². The van der Waals surface area contributed by atoms with Crippen LogP contribution in [-0.4, -0.2) is 23.1 Å². The van der Waals surface area contributed by atoms with Crippen molar-refractivity contribution in [2.45, 2.75) is 46.0 Å². The Kier molecular flexibility index (Phi) is 7.49.